The van der Waals surface area contributed by atoms with Gasteiger partial charge in [0, 0.05) is 18.6 Å². The van der Waals surface area contributed by atoms with Crippen LogP contribution in [0.1, 0.15) is 12.0 Å². The van der Waals surface area contributed by atoms with E-state index in [9.17, 15) is 0 Å². The molecule has 1 aromatic heterocycles. The number of pyridine rings is 1. The maximum Gasteiger partial charge on any atom is 0.169 e. The third-order valence-electron chi connectivity index (χ3n) is 2.63. The van der Waals surface area contributed by atoms with E-state index in [-0.39, 0.29) is 17.0 Å². The van der Waals surface area contributed by atoms with Gasteiger partial charge < -0.3 is 21.7 Å². The number of hydrogen-bond donors (Lipinski definition) is 0. The van der Waals surface area contributed by atoms with Crippen LogP contribution in [0.15, 0.2) is 54.9 Å². The molecule has 0 N–H and O–H groups in total. The zero-order valence-corrected chi connectivity index (χ0v) is 12.1. The van der Waals surface area contributed by atoms with Crippen LogP contribution in [0, 0.1) is 6.92 Å². The average Bonchev–Trinajstić information content (AvgIpc) is 2.38. The molecule has 0 aliphatic rings. The van der Waals surface area contributed by atoms with E-state index in [0.717, 1.165) is 25.3 Å². The fourth-order valence-corrected chi connectivity index (χ4v) is 1.63. The molecule has 0 fully saturated rings. The van der Waals surface area contributed by atoms with Gasteiger partial charge in [0.25, 0.3) is 0 Å². The van der Waals surface area contributed by atoms with Crippen LogP contribution in [0.4, 0.5) is 0 Å². The van der Waals surface area contributed by atoms with Crippen molar-refractivity contribution >= 4 is 0 Å². The highest BCUT2D eigenvalue weighted by Gasteiger charge is 1.99. The standard InChI is InChI=1S/C15H18NO.BrH/c1-14-8-11-16(12-9-14)10-5-13-17-15-6-3-2-4-7-15;/h2-4,6-9,11-12H,5,10,13H2,1H3;1H/q+1;/p-1. The summed E-state index contributed by atoms with van der Waals surface area (Å²) in [4.78, 5) is 0. The maximum absolute atomic E-state index is 5.64. The Labute approximate surface area is 119 Å². The second-order valence-electron chi connectivity index (χ2n) is 4.13. The Morgan fingerprint density at radius 2 is 1.67 bits per heavy atom. The molecule has 1 heterocycles. The highest BCUT2D eigenvalue weighted by atomic mass is 79.9. The van der Waals surface area contributed by atoms with E-state index >= 15 is 0 Å². The number of aryl methyl sites for hydroxylation is 2. The van der Waals surface area contributed by atoms with Crippen LogP contribution in [0.5, 0.6) is 5.75 Å². The van der Waals surface area contributed by atoms with Crippen LogP contribution in [-0.4, -0.2) is 6.61 Å². The topological polar surface area (TPSA) is 13.1 Å². The molecule has 96 valence electrons. The van der Waals surface area contributed by atoms with Gasteiger partial charge in [-0.3, -0.25) is 0 Å². The third-order valence-corrected chi connectivity index (χ3v) is 2.63. The summed E-state index contributed by atoms with van der Waals surface area (Å²) in [6.07, 6.45) is 5.23. The van der Waals surface area contributed by atoms with Crippen LogP contribution < -0.4 is 26.3 Å². The molecule has 2 aromatic rings. The van der Waals surface area contributed by atoms with Gasteiger partial charge in [-0.1, -0.05) is 18.2 Å². The van der Waals surface area contributed by atoms with Crippen molar-refractivity contribution in [2.24, 2.45) is 0 Å². The van der Waals surface area contributed by atoms with Crippen molar-refractivity contribution in [1.29, 1.82) is 0 Å². The van der Waals surface area contributed by atoms with E-state index in [4.69, 9.17) is 4.74 Å². The molecule has 0 aliphatic heterocycles. The van der Waals surface area contributed by atoms with E-state index < -0.39 is 0 Å². The number of nitrogens with zero attached hydrogens (tertiary/aromatic N) is 1. The third kappa shape index (κ3) is 4.88. The molecule has 2 nitrogen and oxygen atoms in total. The minimum Gasteiger partial charge on any atom is -1.00 e. The first-order valence-electron chi connectivity index (χ1n) is 5.98. The van der Waals surface area contributed by atoms with Crippen molar-refractivity contribution in [3.63, 3.8) is 0 Å². The summed E-state index contributed by atoms with van der Waals surface area (Å²) in [5.41, 5.74) is 1.29. The van der Waals surface area contributed by atoms with Gasteiger partial charge in [0.2, 0.25) is 0 Å². The summed E-state index contributed by atoms with van der Waals surface area (Å²) in [7, 11) is 0. The zero-order chi connectivity index (χ0) is 11.9. The summed E-state index contributed by atoms with van der Waals surface area (Å²) in [6, 6.07) is 14.2. The molecular weight excluding hydrogens is 290 g/mol. The number of ether oxygens (including phenoxy) is 1. The number of halogens is 1. The monoisotopic (exact) mass is 307 g/mol. The molecule has 0 saturated heterocycles. The molecular formula is C15H18BrNO. The molecule has 18 heavy (non-hydrogen) atoms. The fourth-order valence-electron chi connectivity index (χ4n) is 1.63. The van der Waals surface area contributed by atoms with Gasteiger partial charge in [0.15, 0.2) is 18.9 Å². The van der Waals surface area contributed by atoms with E-state index in [1.165, 1.54) is 5.56 Å². The molecule has 0 spiro atoms. The Kier molecular flexibility index (Phi) is 6.44. The lowest BCUT2D eigenvalue weighted by atomic mass is 10.3. The molecule has 0 aliphatic carbocycles. The highest BCUT2D eigenvalue weighted by molar-refractivity contribution is 5.20. The van der Waals surface area contributed by atoms with Gasteiger partial charge in [0.1, 0.15) is 5.75 Å². The minimum atomic E-state index is 0. The lowest BCUT2D eigenvalue weighted by molar-refractivity contribution is -0.697. The van der Waals surface area contributed by atoms with E-state index in [1.807, 2.05) is 30.3 Å². The van der Waals surface area contributed by atoms with Gasteiger partial charge in [-0.2, -0.15) is 0 Å². The highest BCUT2D eigenvalue weighted by Crippen LogP contribution is 2.08. The van der Waals surface area contributed by atoms with Gasteiger partial charge in [-0.25, -0.2) is 4.57 Å². The number of aromatic nitrogens is 1. The van der Waals surface area contributed by atoms with Crippen molar-refractivity contribution < 1.29 is 26.3 Å². The summed E-state index contributed by atoms with van der Waals surface area (Å²) in [6.45, 7) is 3.85. The summed E-state index contributed by atoms with van der Waals surface area (Å²) in [5, 5.41) is 0. The van der Waals surface area contributed by atoms with Crippen molar-refractivity contribution in [3.8, 4) is 5.75 Å². The molecule has 0 atom stereocenters. The van der Waals surface area contributed by atoms with E-state index in [1.54, 1.807) is 0 Å². The maximum atomic E-state index is 5.64. The Morgan fingerprint density at radius 1 is 1.00 bits per heavy atom. The molecule has 0 amide bonds. The van der Waals surface area contributed by atoms with E-state index in [2.05, 4.69) is 36.0 Å². The lowest BCUT2D eigenvalue weighted by Crippen LogP contribution is -3.00. The van der Waals surface area contributed by atoms with Crippen molar-refractivity contribution in [2.45, 2.75) is 19.9 Å². The number of rotatable bonds is 5. The van der Waals surface area contributed by atoms with Crippen LogP contribution in [0.25, 0.3) is 0 Å². The van der Waals surface area contributed by atoms with Crippen molar-refractivity contribution in [3.05, 3.63) is 60.4 Å². The molecule has 2 rings (SSSR count). The first-order chi connectivity index (χ1) is 8.34. The molecule has 0 unspecified atom stereocenters. The average molecular weight is 308 g/mol. The molecule has 3 heteroatoms. The second kappa shape index (κ2) is 7.88. The van der Waals surface area contributed by atoms with Crippen LogP contribution in [0.2, 0.25) is 0 Å². The zero-order valence-electron chi connectivity index (χ0n) is 10.6. The fraction of sp³-hybridized carbons (Fsp3) is 0.267. The number of hydrogen-bond acceptors (Lipinski definition) is 1. The van der Waals surface area contributed by atoms with Gasteiger partial charge in [-0.15, -0.1) is 0 Å². The smallest absolute Gasteiger partial charge is 0.169 e. The summed E-state index contributed by atoms with van der Waals surface area (Å²) >= 11 is 0. The predicted molar refractivity (Wildman–Crippen MR) is 67.9 cm³/mol. The van der Waals surface area contributed by atoms with Crippen molar-refractivity contribution in [2.75, 3.05) is 6.61 Å². The summed E-state index contributed by atoms with van der Waals surface area (Å²) < 4.78 is 7.82. The Balaban J connectivity index is 0.00000162. The Bertz CT molecular complexity index is 442. The minimum absolute atomic E-state index is 0. The summed E-state index contributed by atoms with van der Waals surface area (Å²) in [5.74, 6) is 0.946. The molecule has 0 radical (unpaired) electrons. The lowest BCUT2D eigenvalue weighted by Gasteiger charge is -2.04. The predicted octanol–water partition coefficient (Wildman–Crippen LogP) is -0.244. The molecule has 0 bridgehead atoms. The van der Waals surface area contributed by atoms with Gasteiger partial charge >= 0.3 is 0 Å². The Morgan fingerprint density at radius 3 is 2.33 bits per heavy atom. The van der Waals surface area contributed by atoms with Gasteiger partial charge in [0.05, 0.1) is 6.61 Å². The second-order valence-corrected chi connectivity index (χ2v) is 4.13. The number of para-hydroxylation sites is 1. The van der Waals surface area contributed by atoms with Crippen LogP contribution in [0.3, 0.4) is 0 Å². The van der Waals surface area contributed by atoms with Crippen LogP contribution >= 0.6 is 0 Å². The number of benzene rings is 1. The Hall–Kier alpha value is -1.35. The van der Waals surface area contributed by atoms with Gasteiger partial charge in [-0.05, 0) is 24.6 Å². The van der Waals surface area contributed by atoms with Crippen LogP contribution in [-0.2, 0) is 6.54 Å². The normalized spacial score (nSPS) is 9.61. The first kappa shape index (κ1) is 14.7. The van der Waals surface area contributed by atoms with Crippen molar-refractivity contribution in [1.82, 2.24) is 0 Å². The SMILES string of the molecule is Cc1cc[n+](CCCOc2ccccc2)cc1.[Br-]. The van der Waals surface area contributed by atoms with E-state index in [0.29, 0.717) is 0 Å². The first-order valence-corrected chi connectivity index (χ1v) is 5.98. The molecule has 0 saturated carbocycles. The largest absolute Gasteiger partial charge is 1.00 e. The molecule has 1 aromatic carbocycles. The quantitative estimate of drug-likeness (QED) is 0.549.